The van der Waals surface area contributed by atoms with Gasteiger partial charge in [0.2, 0.25) is 0 Å². The predicted molar refractivity (Wildman–Crippen MR) is 99.9 cm³/mol. The molecular weight excluding hydrogens is 406 g/mol. The van der Waals surface area contributed by atoms with Crippen molar-refractivity contribution in [1.29, 1.82) is 0 Å². The molecule has 1 N–H and O–H groups in total. The lowest BCUT2D eigenvalue weighted by atomic mass is 10.1. The molecule has 1 aliphatic heterocycles. The van der Waals surface area contributed by atoms with Crippen LogP contribution < -0.4 is 4.90 Å². The van der Waals surface area contributed by atoms with Gasteiger partial charge in [-0.25, -0.2) is 14.6 Å². The minimum Gasteiger partial charge on any atom is -0.387 e. The van der Waals surface area contributed by atoms with Crippen LogP contribution in [-0.2, 0) is 11.8 Å². The van der Waals surface area contributed by atoms with Crippen molar-refractivity contribution in [1.82, 2.24) is 19.7 Å². The highest BCUT2D eigenvalue weighted by molar-refractivity contribution is 9.10. The first kappa shape index (κ1) is 16.9. The maximum absolute atomic E-state index is 10.6. The molecule has 1 fully saturated rings. The Kier molecular flexibility index (Phi) is 4.72. The SMILES string of the molecule is Cn1nc(Br)c2c(N3CCOCC3CC(O)c3cccs3)ncnc21. The van der Waals surface area contributed by atoms with Crippen LogP contribution in [-0.4, -0.2) is 50.7 Å². The number of rotatable bonds is 4. The number of halogens is 1. The van der Waals surface area contributed by atoms with Gasteiger partial charge in [0.15, 0.2) is 5.65 Å². The first-order chi connectivity index (χ1) is 12.1. The Bertz CT molecular complexity index is 869. The van der Waals surface area contributed by atoms with Gasteiger partial charge in [-0.1, -0.05) is 6.07 Å². The van der Waals surface area contributed by atoms with Crippen molar-refractivity contribution in [2.45, 2.75) is 18.6 Å². The molecule has 0 bridgehead atoms. The molecule has 4 heterocycles. The van der Waals surface area contributed by atoms with Gasteiger partial charge in [0.05, 0.1) is 30.7 Å². The Morgan fingerprint density at radius 3 is 3.16 bits per heavy atom. The fourth-order valence-electron chi connectivity index (χ4n) is 3.23. The van der Waals surface area contributed by atoms with E-state index < -0.39 is 6.10 Å². The summed E-state index contributed by atoms with van der Waals surface area (Å²) in [6.07, 6.45) is 1.64. The monoisotopic (exact) mass is 423 g/mol. The minimum atomic E-state index is -0.510. The zero-order valence-electron chi connectivity index (χ0n) is 13.7. The number of hydrogen-bond donors (Lipinski definition) is 1. The Hall–Kier alpha value is -1.55. The van der Waals surface area contributed by atoms with Gasteiger partial charge < -0.3 is 14.7 Å². The van der Waals surface area contributed by atoms with E-state index >= 15 is 0 Å². The number of fused-ring (bicyclic) bond motifs is 1. The average molecular weight is 424 g/mol. The van der Waals surface area contributed by atoms with Gasteiger partial charge in [-0.3, -0.25) is 0 Å². The van der Waals surface area contributed by atoms with E-state index in [1.165, 1.54) is 0 Å². The smallest absolute Gasteiger partial charge is 0.164 e. The molecule has 3 aromatic heterocycles. The summed E-state index contributed by atoms with van der Waals surface area (Å²) in [6.45, 7) is 1.91. The van der Waals surface area contributed by atoms with Gasteiger partial charge in [-0.2, -0.15) is 5.10 Å². The second kappa shape index (κ2) is 6.99. The van der Waals surface area contributed by atoms with Crippen LogP contribution in [0.1, 0.15) is 17.4 Å². The molecule has 0 saturated carbocycles. The number of aliphatic hydroxyl groups is 1. The number of aromatic nitrogens is 4. The number of morpholine rings is 1. The molecule has 7 nitrogen and oxygen atoms in total. The third kappa shape index (κ3) is 3.17. The molecule has 132 valence electrons. The molecule has 9 heteroatoms. The van der Waals surface area contributed by atoms with Gasteiger partial charge in [0.1, 0.15) is 16.7 Å². The van der Waals surface area contributed by atoms with Crippen LogP contribution >= 0.6 is 27.3 Å². The number of aliphatic hydroxyl groups excluding tert-OH is 1. The van der Waals surface area contributed by atoms with Gasteiger partial charge >= 0.3 is 0 Å². The zero-order valence-corrected chi connectivity index (χ0v) is 16.1. The lowest BCUT2D eigenvalue weighted by Gasteiger charge is -2.37. The summed E-state index contributed by atoms with van der Waals surface area (Å²) in [5.41, 5.74) is 0.779. The maximum atomic E-state index is 10.6. The first-order valence-corrected chi connectivity index (χ1v) is 9.71. The zero-order chi connectivity index (χ0) is 17.4. The van der Waals surface area contributed by atoms with Gasteiger partial charge in [0.25, 0.3) is 0 Å². The van der Waals surface area contributed by atoms with Crippen LogP contribution in [0.15, 0.2) is 28.4 Å². The summed E-state index contributed by atoms with van der Waals surface area (Å²) in [5, 5.41) is 17.8. The standard InChI is InChI=1S/C16H18BrN5O2S/c1-21-15-13(14(17)20-21)16(19-9-18-15)22-4-5-24-8-10(22)7-11(23)12-3-2-6-25-12/h2-3,6,9-11,23H,4-5,7-8H2,1H3. The van der Waals surface area contributed by atoms with E-state index in [-0.39, 0.29) is 6.04 Å². The Morgan fingerprint density at radius 1 is 1.48 bits per heavy atom. The summed E-state index contributed by atoms with van der Waals surface area (Å²) >= 11 is 5.09. The summed E-state index contributed by atoms with van der Waals surface area (Å²) in [5.74, 6) is 0.830. The molecule has 0 radical (unpaired) electrons. The molecule has 0 amide bonds. The van der Waals surface area contributed by atoms with Crippen LogP contribution in [0.5, 0.6) is 0 Å². The highest BCUT2D eigenvalue weighted by Gasteiger charge is 2.30. The van der Waals surface area contributed by atoms with E-state index in [1.807, 2.05) is 24.6 Å². The summed E-state index contributed by atoms with van der Waals surface area (Å²) in [4.78, 5) is 12.0. The van der Waals surface area contributed by atoms with Crippen molar-refractivity contribution in [2.75, 3.05) is 24.7 Å². The van der Waals surface area contributed by atoms with Gasteiger partial charge in [0, 0.05) is 24.9 Å². The lowest BCUT2D eigenvalue weighted by molar-refractivity contribution is 0.0686. The second-order valence-corrected chi connectivity index (χ2v) is 7.73. The van der Waals surface area contributed by atoms with Crippen LogP contribution in [0.3, 0.4) is 0 Å². The predicted octanol–water partition coefficient (Wildman–Crippen LogP) is 2.52. The topological polar surface area (TPSA) is 76.3 Å². The normalized spacial score (nSPS) is 19.5. The van der Waals surface area contributed by atoms with Crippen molar-refractivity contribution in [3.05, 3.63) is 33.3 Å². The van der Waals surface area contributed by atoms with Crippen molar-refractivity contribution in [3.8, 4) is 0 Å². The van der Waals surface area contributed by atoms with E-state index in [0.29, 0.717) is 19.6 Å². The summed E-state index contributed by atoms with van der Waals surface area (Å²) in [6, 6.07) is 3.96. The van der Waals surface area contributed by atoms with Crippen molar-refractivity contribution < 1.29 is 9.84 Å². The highest BCUT2D eigenvalue weighted by Crippen LogP contribution is 2.33. The molecular formula is C16H18BrN5O2S. The number of ether oxygens (including phenoxy) is 1. The van der Waals surface area contributed by atoms with Crippen LogP contribution in [0.25, 0.3) is 11.0 Å². The minimum absolute atomic E-state index is 0.0380. The number of hydrogen-bond acceptors (Lipinski definition) is 7. The van der Waals surface area contributed by atoms with Crippen molar-refractivity contribution in [3.63, 3.8) is 0 Å². The third-order valence-corrected chi connectivity index (χ3v) is 5.95. The maximum Gasteiger partial charge on any atom is 0.164 e. The molecule has 25 heavy (non-hydrogen) atoms. The van der Waals surface area contributed by atoms with E-state index in [2.05, 4.69) is 35.9 Å². The van der Waals surface area contributed by atoms with Crippen LogP contribution in [0.2, 0.25) is 0 Å². The second-order valence-electron chi connectivity index (χ2n) is 6.00. The Morgan fingerprint density at radius 2 is 2.36 bits per heavy atom. The quantitative estimate of drug-likeness (QED) is 0.694. The molecule has 3 aromatic rings. The van der Waals surface area contributed by atoms with Crippen molar-refractivity contribution in [2.24, 2.45) is 7.05 Å². The Labute approximate surface area is 157 Å². The third-order valence-electron chi connectivity index (χ3n) is 4.42. The summed E-state index contributed by atoms with van der Waals surface area (Å²) in [7, 11) is 1.86. The molecule has 1 aliphatic rings. The molecule has 2 unspecified atom stereocenters. The molecule has 0 spiro atoms. The van der Waals surface area contributed by atoms with Crippen molar-refractivity contribution >= 4 is 44.1 Å². The van der Waals surface area contributed by atoms with E-state index in [9.17, 15) is 5.11 Å². The van der Waals surface area contributed by atoms with E-state index in [4.69, 9.17) is 4.74 Å². The lowest BCUT2D eigenvalue weighted by Crippen LogP contribution is -2.46. The van der Waals surface area contributed by atoms with Crippen LogP contribution in [0, 0.1) is 0 Å². The number of thiophene rings is 1. The molecule has 4 rings (SSSR count). The number of anilines is 1. The average Bonchev–Trinajstić information content (AvgIpc) is 3.25. The number of aryl methyl sites for hydroxylation is 1. The highest BCUT2D eigenvalue weighted by atomic mass is 79.9. The largest absolute Gasteiger partial charge is 0.387 e. The molecule has 2 atom stereocenters. The van der Waals surface area contributed by atoms with Crippen LogP contribution in [0.4, 0.5) is 5.82 Å². The van der Waals surface area contributed by atoms with Gasteiger partial charge in [-0.05, 0) is 27.4 Å². The van der Waals surface area contributed by atoms with Gasteiger partial charge in [-0.15, -0.1) is 11.3 Å². The summed E-state index contributed by atoms with van der Waals surface area (Å²) < 4.78 is 8.14. The fourth-order valence-corrected chi connectivity index (χ4v) is 4.54. The van der Waals surface area contributed by atoms with E-state index in [0.717, 1.165) is 32.9 Å². The van der Waals surface area contributed by atoms with E-state index in [1.54, 1.807) is 22.3 Å². The first-order valence-electron chi connectivity index (χ1n) is 8.04. The Balaban J connectivity index is 1.68. The fraction of sp³-hybridized carbons (Fsp3) is 0.438. The molecule has 1 saturated heterocycles. The number of nitrogens with zero attached hydrogens (tertiary/aromatic N) is 5. The molecule has 0 aliphatic carbocycles. The molecule has 0 aromatic carbocycles.